The molecule has 0 aromatic carbocycles. The Balaban J connectivity index is 1.72. The van der Waals surface area contributed by atoms with Gasteiger partial charge >= 0.3 is 6.03 Å². The molecule has 0 unspecified atom stereocenters. The lowest BCUT2D eigenvalue weighted by Gasteiger charge is -2.37. The van der Waals surface area contributed by atoms with E-state index in [-0.39, 0.29) is 12.1 Å². The lowest BCUT2D eigenvalue weighted by atomic mass is 10.1. The summed E-state index contributed by atoms with van der Waals surface area (Å²) in [5.74, 6) is 0. The molecular formula is C9H17N3O. The molecule has 2 rings (SSSR count). The van der Waals surface area contributed by atoms with Crippen LogP contribution in [0.3, 0.4) is 0 Å². The number of carbonyl (C=O) groups is 1. The van der Waals surface area contributed by atoms with Crippen LogP contribution in [0.25, 0.3) is 0 Å². The Bertz CT molecular complexity index is 195. The number of nitrogens with zero attached hydrogens (tertiary/aromatic N) is 1. The maximum atomic E-state index is 11.5. The average molecular weight is 183 g/mol. The summed E-state index contributed by atoms with van der Waals surface area (Å²) in [6.45, 7) is 1.44. The first-order valence-corrected chi connectivity index (χ1v) is 5.07. The van der Waals surface area contributed by atoms with E-state index in [0.29, 0.717) is 6.04 Å². The molecule has 1 aliphatic carbocycles. The van der Waals surface area contributed by atoms with Gasteiger partial charge in [-0.05, 0) is 12.8 Å². The van der Waals surface area contributed by atoms with E-state index in [0.717, 1.165) is 25.9 Å². The quantitative estimate of drug-likeness (QED) is 0.613. The Morgan fingerprint density at radius 2 is 1.92 bits per heavy atom. The third-order valence-corrected chi connectivity index (χ3v) is 2.88. The van der Waals surface area contributed by atoms with E-state index in [2.05, 4.69) is 5.32 Å². The zero-order valence-electron chi connectivity index (χ0n) is 7.83. The zero-order valence-corrected chi connectivity index (χ0v) is 7.83. The molecule has 4 nitrogen and oxygen atoms in total. The first-order chi connectivity index (χ1) is 6.25. The van der Waals surface area contributed by atoms with Crippen molar-refractivity contribution in [3.05, 3.63) is 0 Å². The van der Waals surface area contributed by atoms with E-state index in [1.165, 1.54) is 12.8 Å². The molecule has 13 heavy (non-hydrogen) atoms. The number of amides is 2. The summed E-state index contributed by atoms with van der Waals surface area (Å²) in [7, 11) is 0. The second-order valence-corrected chi connectivity index (χ2v) is 4.10. The van der Waals surface area contributed by atoms with Crippen LogP contribution in [0.1, 0.15) is 25.7 Å². The van der Waals surface area contributed by atoms with Crippen LogP contribution in [-0.2, 0) is 0 Å². The highest BCUT2D eigenvalue weighted by Crippen LogP contribution is 2.18. The van der Waals surface area contributed by atoms with Crippen LogP contribution in [0.2, 0.25) is 0 Å². The van der Waals surface area contributed by atoms with Gasteiger partial charge in [-0.1, -0.05) is 12.8 Å². The molecule has 2 fully saturated rings. The molecule has 0 atom stereocenters. The minimum absolute atomic E-state index is 0.0774. The van der Waals surface area contributed by atoms with Crippen molar-refractivity contribution in [1.82, 2.24) is 10.2 Å². The van der Waals surface area contributed by atoms with Gasteiger partial charge in [0.25, 0.3) is 0 Å². The van der Waals surface area contributed by atoms with Gasteiger partial charge < -0.3 is 16.0 Å². The van der Waals surface area contributed by atoms with Crippen LogP contribution in [0.15, 0.2) is 0 Å². The Morgan fingerprint density at radius 3 is 2.46 bits per heavy atom. The number of carbonyl (C=O) groups excluding carboxylic acids is 1. The van der Waals surface area contributed by atoms with Gasteiger partial charge in [0.15, 0.2) is 0 Å². The molecule has 0 bridgehead atoms. The molecule has 3 N–H and O–H groups in total. The molecular weight excluding hydrogens is 166 g/mol. The first-order valence-electron chi connectivity index (χ1n) is 5.07. The van der Waals surface area contributed by atoms with Gasteiger partial charge in [0.05, 0.1) is 0 Å². The summed E-state index contributed by atoms with van der Waals surface area (Å²) >= 11 is 0. The normalized spacial score (nSPS) is 24.5. The standard InChI is InChI=1S/C9H17N3O/c10-7-5-12(6-7)9(13)11-8-3-1-2-4-8/h7-8H,1-6,10H2,(H,11,13). The fourth-order valence-corrected chi connectivity index (χ4v) is 2.01. The van der Waals surface area contributed by atoms with Crippen LogP contribution < -0.4 is 11.1 Å². The summed E-state index contributed by atoms with van der Waals surface area (Å²) in [5, 5.41) is 3.03. The molecule has 2 aliphatic rings. The van der Waals surface area contributed by atoms with E-state index in [1.54, 1.807) is 4.90 Å². The predicted molar refractivity (Wildman–Crippen MR) is 50.3 cm³/mol. The van der Waals surface area contributed by atoms with E-state index in [9.17, 15) is 4.79 Å². The number of nitrogens with two attached hydrogens (primary N) is 1. The van der Waals surface area contributed by atoms with E-state index in [1.807, 2.05) is 0 Å². The van der Waals surface area contributed by atoms with Gasteiger partial charge in [-0.25, -0.2) is 4.79 Å². The van der Waals surface area contributed by atoms with Crippen LogP contribution in [0.5, 0.6) is 0 Å². The van der Waals surface area contributed by atoms with Crippen LogP contribution >= 0.6 is 0 Å². The first kappa shape index (κ1) is 8.81. The molecule has 4 heteroatoms. The van der Waals surface area contributed by atoms with E-state index in [4.69, 9.17) is 5.73 Å². The van der Waals surface area contributed by atoms with Crippen molar-refractivity contribution in [3.63, 3.8) is 0 Å². The fourth-order valence-electron chi connectivity index (χ4n) is 2.01. The van der Waals surface area contributed by atoms with Crippen LogP contribution in [-0.4, -0.2) is 36.1 Å². The van der Waals surface area contributed by atoms with Gasteiger partial charge in [0.2, 0.25) is 0 Å². The summed E-state index contributed by atoms with van der Waals surface area (Å²) < 4.78 is 0. The van der Waals surface area contributed by atoms with Crippen molar-refractivity contribution in [1.29, 1.82) is 0 Å². The Kier molecular flexibility index (Phi) is 2.40. The van der Waals surface area contributed by atoms with E-state index >= 15 is 0 Å². The Hall–Kier alpha value is -0.770. The molecule has 1 aliphatic heterocycles. The molecule has 0 aromatic heterocycles. The van der Waals surface area contributed by atoms with Crippen molar-refractivity contribution in [3.8, 4) is 0 Å². The van der Waals surface area contributed by atoms with Gasteiger partial charge in [-0.2, -0.15) is 0 Å². The molecule has 1 saturated heterocycles. The number of hydrogen-bond acceptors (Lipinski definition) is 2. The van der Waals surface area contributed by atoms with Crippen molar-refractivity contribution in [2.24, 2.45) is 5.73 Å². The lowest BCUT2D eigenvalue weighted by molar-refractivity contribution is 0.149. The summed E-state index contributed by atoms with van der Waals surface area (Å²) in [5.41, 5.74) is 5.59. The fraction of sp³-hybridized carbons (Fsp3) is 0.889. The molecule has 1 heterocycles. The highest BCUT2D eigenvalue weighted by atomic mass is 16.2. The zero-order chi connectivity index (χ0) is 9.26. The highest BCUT2D eigenvalue weighted by Gasteiger charge is 2.29. The van der Waals surface area contributed by atoms with Crippen molar-refractivity contribution < 1.29 is 4.79 Å². The maximum Gasteiger partial charge on any atom is 0.317 e. The Labute approximate surface area is 78.5 Å². The molecule has 0 radical (unpaired) electrons. The Morgan fingerprint density at radius 1 is 1.31 bits per heavy atom. The third-order valence-electron chi connectivity index (χ3n) is 2.88. The number of hydrogen-bond donors (Lipinski definition) is 2. The monoisotopic (exact) mass is 183 g/mol. The number of urea groups is 1. The lowest BCUT2D eigenvalue weighted by Crippen LogP contribution is -2.61. The second kappa shape index (κ2) is 3.54. The smallest absolute Gasteiger partial charge is 0.317 e. The molecule has 74 valence electrons. The van der Waals surface area contributed by atoms with Crippen molar-refractivity contribution in [2.75, 3.05) is 13.1 Å². The van der Waals surface area contributed by atoms with Crippen LogP contribution in [0, 0.1) is 0 Å². The average Bonchev–Trinajstić information content (AvgIpc) is 2.51. The van der Waals surface area contributed by atoms with Crippen LogP contribution in [0.4, 0.5) is 4.79 Å². The molecule has 0 spiro atoms. The summed E-state index contributed by atoms with van der Waals surface area (Å²) in [4.78, 5) is 13.3. The second-order valence-electron chi connectivity index (χ2n) is 4.10. The van der Waals surface area contributed by atoms with Gasteiger partial charge in [0.1, 0.15) is 0 Å². The third kappa shape index (κ3) is 1.94. The van der Waals surface area contributed by atoms with Crippen molar-refractivity contribution in [2.45, 2.75) is 37.8 Å². The molecule has 2 amide bonds. The topological polar surface area (TPSA) is 58.4 Å². The number of rotatable bonds is 1. The van der Waals surface area contributed by atoms with Crippen molar-refractivity contribution >= 4 is 6.03 Å². The van der Waals surface area contributed by atoms with Gasteiger partial charge in [-0.15, -0.1) is 0 Å². The van der Waals surface area contributed by atoms with E-state index < -0.39 is 0 Å². The van der Waals surface area contributed by atoms with Gasteiger partial charge in [-0.3, -0.25) is 0 Å². The largest absolute Gasteiger partial charge is 0.335 e. The van der Waals surface area contributed by atoms with Gasteiger partial charge in [0, 0.05) is 25.2 Å². The highest BCUT2D eigenvalue weighted by molar-refractivity contribution is 5.75. The minimum Gasteiger partial charge on any atom is -0.335 e. The SMILES string of the molecule is NC1CN(C(=O)NC2CCCC2)C1. The summed E-state index contributed by atoms with van der Waals surface area (Å²) in [6.07, 6.45) is 4.80. The predicted octanol–water partition coefficient (Wildman–Crippen LogP) is 0.281. The summed E-state index contributed by atoms with van der Waals surface area (Å²) in [6, 6.07) is 0.701. The number of likely N-dealkylation sites (tertiary alicyclic amines) is 1. The maximum absolute atomic E-state index is 11.5. The molecule has 0 aromatic rings. The number of nitrogens with one attached hydrogen (secondary N) is 1. The molecule has 1 saturated carbocycles. The minimum atomic E-state index is 0.0774.